The molecule has 0 N–H and O–H groups in total. The minimum Gasteiger partial charge on any atom is -0.456 e. The van der Waals surface area contributed by atoms with E-state index >= 15 is 0 Å². The van der Waals surface area contributed by atoms with Gasteiger partial charge in [0, 0.05) is 27.6 Å². The van der Waals surface area contributed by atoms with E-state index in [2.05, 4.69) is 163 Å². The minimum absolute atomic E-state index is 0.00850. The van der Waals surface area contributed by atoms with Crippen molar-refractivity contribution in [3.05, 3.63) is 203 Å². The Bertz CT molecular complexity index is 3210. The normalized spacial score (nSPS) is 13.4. The van der Waals surface area contributed by atoms with E-state index in [1.165, 1.54) is 33.3 Å². The van der Waals surface area contributed by atoms with Gasteiger partial charge in [0.1, 0.15) is 11.2 Å². The summed E-state index contributed by atoms with van der Waals surface area (Å²) in [5, 5.41) is 3.56. The van der Waals surface area contributed by atoms with Crippen molar-refractivity contribution in [3.63, 3.8) is 0 Å². The van der Waals surface area contributed by atoms with Crippen LogP contribution in [-0.4, -0.2) is 4.57 Å². The number of rotatable bonds is 4. The standard InChI is InChI=1S/C52H36N2O2/c1-52(2)43-18-7-9-20-47(43)54(48-21-10-8-19-44(48)52)38-25-28-46-42(32-38)41-30-35(24-27-45(41)53(46)37-15-4-3-5-16-37)33-13-12-14-34(29-33)36-23-26-40-50(31-36)56-49-22-11-6-17-39(49)51(40)55/h3-32H,1-2H3. The Kier molecular flexibility index (Phi) is 7.02. The Morgan fingerprint density at radius 1 is 0.429 bits per heavy atom. The Balaban J connectivity index is 1.08. The summed E-state index contributed by atoms with van der Waals surface area (Å²) in [6.45, 7) is 4.66. The predicted molar refractivity (Wildman–Crippen MR) is 232 cm³/mol. The molecule has 266 valence electrons. The molecule has 0 aliphatic carbocycles. The molecule has 11 rings (SSSR count). The summed E-state index contributed by atoms with van der Waals surface area (Å²) in [5.74, 6) is 0. The highest BCUT2D eigenvalue weighted by Crippen LogP contribution is 2.52. The molecule has 4 nitrogen and oxygen atoms in total. The SMILES string of the molecule is CC1(C)c2ccccc2N(c2ccc3c(c2)c2cc(-c4cccc(-c5ccc6c(=O)c7ccccc7oc6c5)c4)ccc2n3-c2ccccc2)c2ccccc21. The average molecular weight is 721 g/mol. The number of hydrogen-bond acceptors (Lipinski definition) is 3. The maximum absolute atomic E-state index is 13.2. The second-order valence-corrected chi connectivity index (χ2v) is 15.3. The van der Waals surface area contributed by atoms with Crippen LogP contribution < -0.4 is 10.3 Å². The molecule has 4 heteroatoms. The largest absolute Gasteiger partial charge is 0.456 e. The Hall–Kier alpha value is -7.17. The molecule has 0 saturated heterocycles. The fraction of sp³-hybridized carbons (Fsp3) is 0.0577. The van der Waals surface area contributed by atoms with Crippen molar-refractivity contribution in [2.75, 3.05) is 4.90 Å². The molecule has 0 spiro atoms. The first-order valence-corrected chi connectivity index (χ1v) is 19.1. The summed E-state index contributed by atoms with van der Waals surface area (Å²) in [5.41, 5.74) is 15.0. The molecule has 0 radical (unpaired) electrons. The van der Waals surface area contributed by atoms with Gasteiger partial charge in [0.05, 0.1) is 33.2 Å². The van der Waals surface area contributed by atoms with Crippen molar-refractivity contribution in [2.24, 2.45) is 0 Å². The van der Waals surface area contributed by atoms with Crippen molar-refractivity contribution in [3.8, 4) is 27.9 Å². The van der Waals surface area contributed by atoms with Crippen LogP contribution in [-0.2, 0) is 5.41 Å². The quantitative estimate of drug-likeness (QED) is 0.170. The third-order valence-corrected chi connectivity index (χ3v) is 11.8. The lowest BCUT2D eigenvalue weighted by molar-refractivity contribution is 0.632. The number of para-hydroxylation sites is 4. The van der Waals surface area contributed by atoms with Crippen molar-refractivity contribution >= 4 is 60.8 Å². The van der Waals surface area contributed by atoms with Crippen LogP contribution in [0, 0.1) is 0 Å². The Morgan fingerprint density at radius 2 is 1.00 bits per heavy atom. The zero-order valence-corrected chi connectivity index (χ0v) is 31.0. The van der Waals surface area contributed by atoms with Gasteiger partial charge in [-0.1, -0.05) is 111 Å². The van der Waals surface area contributed by atoms with Crippen LogP contribution in [0.15, 0.2) is 191 Å². The van der Waals surface area contributed by atoms with Crippen molar-refractivity contribution in [2.45, 2.75) is 19.3 Å². The van der Waals surface area contributed by atoms with Crippen molar-refractivity contribution in [1.29, 1.82) is 0 Å². The number of hydrogen-bond donors (Lipinski definition) is 0. The van der Waals surface area contributed by atoms with Crippen LogP contribution in [0.1, 0.15) is 25.0 Å². The van der Waals surface area contributed by atoms with Gasteiger partial charge in [0.15, 0.2) is 0 Å². The molecule has 0 saturated carbocycles. The molecule has 1 aliphatic heterocycles. The van der Waals surface area contributed by atoms with E-state index in [4.69, 9.17) is 4.42 Å². The molecule has 0 amide bonds. The van der Waals surface area contributed by atoms with Gasteiger partial charge < -0.3 is 13.9 Å². The zero-order chi connectivity index (χ0) is 37.5. The number of aromatic nitrogens is 1. The fourth-order valence-electron chi connectivity index (χ4n) is 8.99. The predicted octanol–water partition coefficient (Wildman–Crippen LogP) is 13.5. The van der Waals surface area contributed by atoms with E-state index in [9.17, 15) is 4.79 Å². The first-order valence-electron chi connectivity index (χ1n) is 19.1. The van der Waals surface area contributed by atoms with Crippen LogP contribution in [0.5, 0.6) is 0 Å². The second kappa shape index (κ2) is 12.2. The van der Waals surface area contributed by atoms with Gasteiger partial charge in [0.25, 0.3) is 0 Å². The van der Waals surface area contributed by atoms with Gasteiger partial charge >= 0.3 is 0 Å². The van der Waals surface area contributed by atoms with Gasteiger partial charge in [-0.15, -0.1) is 0 Å². The van der Waals surface area contributed by atoms with Gasteiger partial charge in [-0.3, -0.25) is 4.79 Å². The van der Waals surface area contributed by atoms with E-state index in [0.717, 1.165) is 44.7 Å². The molecule has 1 aliphatic rings. The van der Waals surface area contributed by atoms with Crippen LogP contribution in [0.4, 0.5) is 17.1 Å². The van der Waals surface area contributed by atoms with Gasteiger partial charge in [-0.25, -0.2) is 0 Å². The Morgan fingerprint density at radius 3 is 1.75 bits per heavy atom. The zero-order valence-electron chi connectivity index (χ0n) is 31.0. The van der Waals surface area contributed by atoms with Crippen LogP contribution >= 0.6 is 0 Å². The lowest BCUT2D eigenvalue weighted by Gasteiger charge is -2.42. The molecule has 2 aromatic heterocycles. The summed E-state index contributed by atoms with van der Waals surface area (Å²) in [4.78, 5) is 15.7. The van der Waals surface area contributed by atoms with E-state index in [1.54, 1.807) is 0 Å². The highest BCUT2D eigenvalue weighted by atomic mass is 16.3. The molecule has 56 heavy (non-hydrogen) atoms. The molecule has 0 unspecified atom stereocenters. The molecule has 0 atom stereocenters. The van der Waals surface area contributed by atoms with Crippen LogP contribution in [0.25, 0.3) is 71.7 Å². The first kappa shape index (κ1) is 32.3. The molecule has 3 heterocycles. The van der Waals surface area contributed by atoms with Gasteiger partial charge in [0.2, 0.25) is 5.43 Å². The van der Waals surface area contributed by atoms with Crippen molar-refractivity contribution in [1.82, 2.24) is 4.57 Å². The number of fused-ring (bicyclic) bond motifs is 7. The van der Waals surface area contributed by atoms with E-state index in [0.29, 0.717) is 21.9 Å². The monoisotopic (exact) mass is 720 g/mol. The number of anilines is 3. The third kappa shape index (κ3) is 4.82. The third-order valence-electron chi connectivity index (χ3n) is 11.8. The smallest absolute Gasteiger partial charge is 0.200 e. The molecule has 8 aromatic carbocycles. The van der Waals surface area contributed by atoms with E-state index in [-0.39, 0.29) is 10.8 Å². The lowest BCUT2D eigenvalue weighted by Crippen LogP contribution is -2.30. The van der Waals surface area contributed by atoms with Crippen molar-refractivity contribution < 1.29 is 4.42 Å². The van der Waals surface area contributed by atoms with E-state index in [1.807, 2.05) is 42.5 Å². The summed E-state index contributed by atoms with van der Waals surface area (Å²) in [6.07, 6.45) is 0. The molecule has 0 fully saturated rings. The highest BCUT2D eigenvalue weighted by Gasteiger charge is 2.36. The lowest BCUT2D eigenvalue weighted by atomic mass is 9.73. The molecular weight excluding hydrogens is 685 g/mol. The average Bonchev–Trinajstić information content (AvgIpc) is 3.57. The molecule has 10 aromatic rings. The van der Waals surface area contributed by atoms with Gasteiger partial charge in [-0.2, -0.15) is 0 Å². The van der Waals surface area contributed by atoms with Crippen LogP contribution in [0.3, 0.4) is 0 Å². The summed E-state index contributed by atoms with van der Waals surface area (Å²) in [6, 6.07) is 64.0. The second-order valence-electron chi connectivity index (χ2n) is 15.3. The minimum atomic E-state index is -0.129. The summed E-state index contributed by atoms with van der Waals surface area (Å²) in [7, 11) is 0. The van der Waals surface area contributed by atoms with Crippen LogP contribution in [0.2, 0.25) is 0 Å². The maximum atomic E-state index is 13.2. The number of nitrogens with zero attached hydrogens (tertiary/aromatic N) is 2. The van der Waals surface area contributed by atoms with Gasteiger partial charge in [-0.05, 0) is 118 Å². The fourth-order valence-corrected chi connectivity index (χ4v) is 8.99. The molecule has 0 bridgehead atoms. The topological polar surface area (TPSA) is 38.4 Å². The maximum Gasteiger partial charge on any atom is 0.200 e. The number of benzene rings is 8. The first-order chi connectivity index (χ1) is 27.4. The Labute approximate surface area is 324 Å². The summed E-state index contributed by atoms with van der Waals surface area (Å²) >= 11 is 0. The summed E-state index contributed by atoms with van der Waals surface area (Å²) < 4.78 is 8.61. The molecular formula is C52H36N2O2. The van der Waals surface area contributed by atoms with E-state index < -0.39 is 0 Å². The highest BCUT2D eigenvalue weighted by molar-refractivity contribution is 6.12.